The molecule has 0 radical (unpaired) electrons. The second-order valence-electron chi connectivity index (χ2n) is 4.78. The van der Waals surface area contributed by atoms with Gasteiger partial charge in [0.15, 0.2) is 0 Å². The molecule has 0 bridgehead atoms. The molecule has 1 N–H and O–H groups in total. The summed E-state index contributed by atoms with van der Waals surface area (Å²) in [5.74, 6) is 0.480. The topological polar surface area (TPSA) is 33.6 Å². The number of nitrogens with one attached hydrogen (secondary N) is 1. The van der Waals surface area contributed by atoms with E-state index in [1.54, 1.807) is 25.5 Å². The lowest BCUT2D eigenvalue weighted by atomic mass is 10.0. The van der Waals surface area contributed by atoms with Gasteiger partial charge in [-0.3, -0.25) is 5.43 Å². The van der Waals surface area contributed by atoms with Crippen LogP contribution in [0.2, 0.25) is 0 Å². The first-order chi connectivity index (χ1) is 10.8. The van der Waals surface area contributed by atoms with Crippen molar-refractivity contribution in [2.45, 2.75) is 0 Å². The summed E-state index contributed by atoms with van der Waals surface area (Å²) in [6, 6.07) is 18.0. The second kappa shape index (κ2) is 6.26. The van der Waals surface area contributed by atoms with Gasteiger partial charge < -0.3 is 4.74 Å². The van der Waals surface area contributed by atoms with Gasteiger partial charge in [0.25, 0.3) is 0 Å². The number of methoxy groups -OCH3 is 1. The summed E-state index contributed by atoms with van der Waals surface area (Å²) in [5.41, 5.74) is 4.50. The van der Waals surface area contributed by atoms with E-state index in [1.807, 2.05) is 36.4 Å². The molecule has 0 aliphatic carbocycles. The summed E-state index contributed by atoms with van der Waals surface area (Å²) < 4.78 is 18.3. The number of hydrazone groups is 1. The van der Waals surface area contributed by atoms with E-state index >= 15 is 0 Å². The molecule has 0 aliphatic rings. The van der Waals surface area contributed by atoms with Crippen molar-refractivity contribution in [2.24, 2.45) is 5.10 Å². The van der Waals surface area contributed by atoms with Gasteiger partial charge in [-0.2, -0.15) is 5.10 Å². The van der Waals surface area contributed by atoms with E-state index in [-0.39, 0.29) is 5.82 Å². The van der Waals surface area contributed by atoms with E-state index < -0.39 is 0 Å². The Hall–Kier alpha value is -2.88. The van der Waals surface area contributed by atoms with Crippen LogP contribution in [0.3, 0.4) is 0 Å². The quantitative estimate of drug-likeness (QED) is 0.570. The Morgan fingerprint density at radius 2 is 1.77 bits per heavy atom. The van der Waals surface area contributed by atoms with Gasteiger partial charge in [-0.1, -0.05) is 30.3 Å². The van der Waals surface area contributed by atoms with E-state index in [0.29, 0.717) is 0 Å². The Morgan fingerprint density at radius 1 is 1.00 bits per heavy atom. The van der Waals surface area contributed by atoms with Crippen LogP contribution in [0, 0.1) is 5.82 Å². The molecule has 0 heterocycles. The number of ether oxygens (including phenoxy) is 1. The van der Waals surface area contributed by atoms with Crippen molar-refractivity contribution in [3.05, 3.63) is 72.0 Å². The van der Waals surface area contributed by atoms with Gasteiger partial charge in [0.2, 0.25) is 0 Å². The molecule has 0 saturated carbocycles. The molecule has 0 aliphatic heterocycles. The molecule has 22 heavy (non-hydrogen) atoms. The molecule has 110 valence electrons. The third-order valence-electron chi connectivity index (χ3n) is 3.38. The number of rotatable bonds is 4. The highest BCUT2D eigenvalue weighted by Gasteiger charge is 2.05. The molecule has 0 amide bonds. The van der Waals surface area contributed by atoms with Crippen molar-refractivity contribution < 1.29 is 9.13 Å². The van der Waals surface area contributed by atoms with Gasteiger partial charge in [-0.25, -0.2) is 4.39 Å². The van der Waals surface area contributed by atoms with Gasteiger partial charge in [-0.15, -0.1) is 0 Å². The predicted molar refractivity (Wildman–Crippen MR) is 88.1 cm³/mol. The first-order valence-corrected chi connectivity index (χ1v) is 6.88. The van der Waals surface area contributed by atoms with Crippen LogP contribution in [-0.4, -0.2) is 13.3 Å². The molecule has 0 fully saturated rings. The molecule has 0 atom stereocenters. The summed E-state index contributed by atoms with van der Waals surface area (Å²) in [5, 5.41) is 6.40. The number of halogens is 1. The fraction of sp³-hybridized carbons (Fsp3) is 0.0556. The van der Waals surface area contributed by atoms with Crippen LogP contribution in [0.25, 0.3) is 10.8 Å². The monoisotopic (exact) mass is 294 g/mol. The summed E-state index contributed by atoms with van der Waals surface area (Å²) >= 11 is 0. The summed E-state index contributed by atoms with van der Waals surface area (Å²) in [7, 11) is 1.63. The number of hydrogen-bond donors (Lipinski definition) is 1. The SMILES string of the molecule is COc1ccc2ccccc2c1C=NNc1ccc(F)cc1. The molecule has 0 unspecified atom stereocenters. The van der Waals surface area contributed by atoms with Crippen molar-refractivity contribution in [1.29, 1.82) is 0 Å². The molecular formula is C18H15FN2O. The Balaban J connectivity index is 1.91. The van der Waals surface area contributed by atoms with Gasteiger partial charge in [0.05, 0.1) is 19.0 Å². The molecule has 3 aromatic carbocycles. The number of nitrogens with zero attached hydrogens (tertiary/aromatic N) is 1. The maximum atomic E-state index is 12.9. The van der Waals surface area contributed by atoms with Crippen molar-refractivity contribution in [3.63, 3.8) is 0 Å². The second-order valence-corrected chi connectivity index (χ2v) is 4.78. The zero-order valence-corrected chi connectivity index (χ0v) is 12.1. The van der Waals surface area contributed by atoms with Crippen LogP contribution in [0.15, 0.2) is 65.8 Å². The fourth-order valence-corrected chi connectivity index (χ4v) is 2.28. The van der Waals surface area contributed by atoms with E-state index in [2.05, 4.69) is 10.5 Å². The molecule has 0 spiro atoms. The smallest absolute Gasteiger partial charge is 0.128 e. The largest absolute Gasteiger partial charge is 0.496 e. The minimum absolute atomic E-state index is 0.273. The standard InChI is InChI=1S/C18H15FN2O/c1-22-18-11-6-13-4-2-3-5-16(13)17(18)12-20-21-15-9-7-14(19)8-10-15/h2-12,21H,1H3. The van der Waals surface area contributed by atoms with Crippen molar-refractivity contribution in [2.75, 3.05) is 12.5 Å². The highest BCUT2D eigenvalue weighted by Crippen LogP contribution is 2.26. The summed E-state index contributed by atoms with van der Waals surface area (Å²) in [6.45, 7) is 0. The van der Waals surface area contributed by atoms with E-state index in [1.165, 1.54) is 12.1 Å². The molecule has 3 nitrogen and oxygen atoms in total. The van der Waals surface area contributed by atoms with E-state index in [0.717, 1.165) is 27.8 Å². The lowest BCUT2D eigenvalue weighted by molar-refractivity contribution is 0.415. The lowest BCUT2D eigenvalue weighted by Gasteiger charge is -2.08. The Kier molecular flexibility index (Phi) is 4.01. The van der Waals surface area contributed by atoms with Gasteiger partial charge in [0.1, 0.15) is 11.6 Å². The maximum absolute atomic E-state index is 12.9. The van der Waals surface area contributed by atoms with E-state index in [9.17, 15) is 4.39 Å². The first kappa shape index (κ1) is 14.1. The minimum atomic E-state index is -0.273. The van der Waals surface area contributed by atoms with Crippen molar-refractivity contribution in [1.82, 2.24) is 0 Å². The number of fused-ring (bicyclic) bond motifs is 1. The van der Waals surface area contributed by atoms with Gasteiger partial charge in [0, 0.05) is 5.56 Å². The fourth-order valence-electron chi connectivity index (χ4n) is 2.28. The first-order valence-electron chi connectivity index (χ1n) is 6.88. The Labute approximate surface area is 128 Å². The third kappa shape index (κ3) is 2.91. The predicted octanol–water partition coefficient (Wildman–Crippen LogP) is 4.43. The minimum Gasteiger partial charge on any atom is -0.496 e. The maximum Gasteiger partial charge on any atom is 0.128 e. The third-order valence-corrected chi connectivity index (χ3v) is 3.38. The summed E-state index contributed by atoms with van der Waals surface area (Å²) in [6.07, 6.45) is 1.71. The van der Waals surface area contributed by atoms with Crippen LogP contribution < -0.4 is 10.2 Å². The molecule has 3 aromatic rings. The molecule has 0 saturated heterocycles. The zero-order valence-electron chi connectivity index (χ0n) is 12.1. The van der Waals surface area contributed by atoms with Crippen LogP contribution >= 0.6 is 0 Å². The van der Waals surface area contributed by atoms with Crippen LogP contribution in [0.4, 0.5) is 10.1 Å². The number of hydrogen-bond acceptors (Lipinski definition) is 3. The van der Waals surface area contributed by atoms with Crippen molar-refractivity contribution >= 4 is 22.7 Å². The van der Waals surface area contributed by atoms with Crippen LogP contribution in [-0.2, 0) is 0 Å². The van der Waals surface area contributed by atoms with Gasteiger partial charge >= 0.3 is 0 Å². The lowest BCUT2D eigenvalue weighted by Crippen LogP contribution is -1.95. The number of anilines is 1. The molecule has 3 rings (SSSR count). The highest BCUT2D eigenvalue weighted by molar-refractivity contribution is 6.02. The number of benzene rings is 3. The molecular weight excluding hydrogens is 279 g/mol. The molecule has 0 aromatic heterocycles. The van der Waals surface area contributed by atoms with E-state index in [4.69, 9.17) is 4.74 Å². The highest BCUT2D eigenvalue weighted by atomic mass is 19.1. The van der Waals surface area contributed by atoms with Crippen LogP contribution in [0.1, 0.15) is 5.56 Å². The molecule has 4 heteroatoms. The van der Waals surface area contributed by atoms with Gasteiger partial charge in [-0.05, 0) is 41.1 Å². The van der Waals surface area contributed by atoms with Crippen molar-refractivity contribution in [3.8, 4) is 5.75 Å². The Bertz CT molecular complexity index is 813. The normalized spacial score (nSPS) is 11.0. The zero-order chi connectivity index (χ0) is 15.4. The van der Waals surface area contributed by atoms with Crippen LogP contribution in [0.5, 0.6) is 5.75 Å². The Morgan fingerprint density at radius 3 is 2.55 bits per heavy atom. The summed E-state index contributed by atoms with van der Waals surface area (Å²) in [4.78, 5) is 0. The average Bonchev–Trinajstić information content (AvgIpc) is 2.56. The average molecular weight is 294 g/mol.